The molecule has 0 aliphatic heterocycles. The minimum atomic E-state index is 0.216. The number of aromatic nitrogens is 2. The largest absolute Gasteiger partial charge is 0.465 e. The summed E-state index contributed by atoms with van der Waals surface area (Å²) in [4.78, 5) is 0. The van der Waals surface area contributed by atoms with Crippen LogP contribution in [-0.4, -0.2) is 9.78 Å². The maximum absolute atomic E-state index is 5.59. The van der Waals surface area contributed by atoms with E-state index in [1.807, 2.05) is 29.9 Å². The van der Waals surface area contributed by atoms with Crippen LogP contribution < -0.4 is 5.32 Å². The van der Waals surface area contributed by atoms with Crippen molar-refractivity contribution in [3.63, 3.8) is 0 Å². The van der Waals surface area contributed by atoms with Crippen LogP contribution in [0, 0.1) is 6.92 Å². The van der Waals surface area contributed by atoms with Crippen LogP contribution in [-0.2, 0) is 13.1 Å². The minimum Gasteiger partial charge on any atom is -0.465 e. The molecule has 0 spiro atoms. The third kappa shape index (κ3) is 3.23. The first-order valence-corrected chi connectivity index (χ1v) is 6.50. The first-order chi connectivity index (χ1) is 8.69. The zero-order valence-corrected chi connectivity index (χ0v) is 11.3. The number of rotatable bonds is 6. The fourth-order valence-corrected chi connectivity index (χ4v) is 1.91. The molecule has 2 heterocycles. The van der Waals surface area contributed by atoms with Crippen LogP contribution in [0.4, 0.5) is 0 Å². The molecule has 0 saturated carbocycles. The summed E-state index contributed by atoms with van der Waals surface area (Å²) in [5, 5.41) is 7.75. The van der Waals surface area contributed by atoms with Crippen LogP contribution in [0.3, 0.4) is 0 Å². The highest BCUT2D eigenvalue weighted by Crippen LogP contribution is 2.16. The molecule has 0 aliphatic rings. The Balaban J connectivity index is 1.86. The molecule has 1 N–H and O–H groups in total. The molecule has 4 nitrogen and oxygen atoms in total. The second-order valence-corrected chi connectivity index (χ2v) is 4.66. The van der Waals surface area contributed by atoms with E-state index in [0.29, 0.717) is 0 Å². The van der Waals surface area contributed by atoms with Crippen molar-refractivity contribution in [3.05, 3.63) is 41.6 Å². The monoisotopic (exact) mass is 247 g/mol. The van der Waals surface area contributed by atoms with Crippen molar-refractivity contribution in [2.45, 2.75) is 46.3 Å². The quantitative estimate of drug-likeness (QED) is 0.853. The average Bonchev–Trinajstić information content (AvgIpc) is 2.96. The van der Waals surface area contributed by atoms with Gasteiger partial charge >= 0.3 is 0 Å². The summed E-state index contributed by atoms with van der Waals surface area (Å²) in [5.41, 5.74) is 1.21. The summed E-state index contributed by atoms with van der Waals surface area (Å²) in [5.74, 6) is 1.93. The topological polar surface area (TPSA) is 43.0 Å². The molecule has 1 unspecified atom stereocenters. The van der Waals surface area contributed by atoms with E-state index in [2.05, 4.69) is 30.5 Å². The van der Waals surface area contributed by atoms with E-state index >= 15 is 0 Å². The molecule has 2 aromatic heterocycles. The van der Waals surface area contributed by atoms with E-state index in [9.17, 15) is 0 Å². The zero-order chi connectivity index (χ0) is 13.0. The number of hydrogen-bond acceptors (Lipinski definition) is 3. The number of hydrogen-bond donors (Lipinski definition) is 1. The Morgan fingerprint density at radius 1 is 1.44 bits per heavy atom. The zero-order valence-electron chi connectivity index (χ0n) is 11.3. The first kappa shape index (κ1) is 12.9. The molecule has 0 aliphatic carbocycles. The Morgan fingerprint density at radius 2 is 2.28 bits per heavy atom. The second kappa shape index (κ2) is 5.87. The highest BCUT2D eigenvalue weighted by atomic mass is 16.3. The Hall–Kier alpha value is -1.55. The minimum absolute atomic E-state index is 0.216. The molecule has 0 bridgehead atoms. The standard InChI is InChI=1S/C14H21N3O/c1-4-7-17-10-13(9-16-17)8-15-12(3)14-6-5-11(2)18-14/h5-6,9-10,12,15H,4,7-8H2,1-3H3. The van der Waals surface area contributed by atoms with Gasteiger partial charge in [-0.05, 0) is 32.4 Å². The Morgan fingerprint density at radius 3 is 2.94 bits per heavy atom. The van der Waals surface area contributed by atoms with Gasteiger partial charge in [-0.1, -0.05) is 6.92 Å². The average molecular weight is 247 g/mol. The summed E-state index contributed by atoms with van der Waals surface area (Å²) in [6.07, 6.45) is 5.12. The molecule has 4 heteroatoms. The smallest absolute Gasteiger partial charge is 0.120 e. The fourth-order valence-electron chi connectivity index (χ4n) is 1.91. The molecule has 98 valence electrons. The number of aryl methyl sites for hydroxylation is 2. The Bertz CT molecular complexity index is 487. The van der Waals surface area contributed by atoms with Gasteiger partial charge in [0.25, 0.3) is 0 Å². The lowest BCUT2D eigenvalue weighted by Gasteiger charge is -2.09. The molecule has 0 saturated heterocycles. The van der Waals surface area contributed by atoms with E-state index in [1.165, 1.54) is 5.56 Å². The van der Waals surface area contributed by atoms with Crippen molar-refractivity contribution in [1.29, 1.82) is 0 Å². The van der Waals surface area contributed by atoms with Crippen LogP contribution in [0.15, 0.2) is 28.9 Å². The van der Waals surface area contributed by atoms with Crippen LogP contribution in [0.5, 0.6) is 0 Å². The second-order valence-electron chi connectivity index (χ2n) is 4.66. The van der Waals surface area contributed by atoms with E-state index in [1.54, 1.807) is 0 Å². The third-order valence-electron chi connectivity index (χ3n) is 2.94. The molecular formula is C14H21N3O. The molecule has 18 heavy (non-hydrogen) atoms. The maximum Gasteiger partial charge on any atom is 0.120 e. The van der Waals surface area contributed by atoms with Crippen LogP contribution >= 0.6 is 0 Å². The molecule has 0 fully saturated rings. The van der Waals surface area contributed by atoms with Crippen molar-refractivity contribution in [3.8, 4) is 0 Å². The van der Waals surface area contributed by atoms with Gasteiger partial charge < -0.3 is 9.73 Å². The fraction of sp³-hybridized carbons (Fsp3) is 0.500. The SMILES string of the molecule is CCCn1cc(CNC(C)c2ccc(C)o2)cn1. The van der Waals surface area contributed by atoms with Gasteiger partial charge in [0.2, 0.25) is 0 Å². The van der Waals surface area contributed by atoms with E-state index < -0.39 is 0 Å². The molecule has 2 rings (SSSR count). The maximum atomic E-state index is 5.59. The van der Waals surface area contributed by atoms with Gasteiger partial charge in [0.1, 0.15) is 11.5 Å². The molecule has 0 amide bonds. The van der Waals surface area contributed by atoms with E-state index in [-0.39, 0.29) is 6.04 Å². The van der Waals surface area contributed by atoms with Crippen LogP contribution in [0.1, 0.15) is 43.4 Å². The lowest BCUT2D eigenvalue weighted by Crippen LogP contribution is -2.17. The van der Waals surface area contributed by atoms with E-state index in [4.69, 9.17) is 4.42 Å². The summed E-state index contributed by atoms with van der Waals surface area (Å²) in [7, 11) is 0. The van der Waals surface area contributed by atoms with Gasteiger partial charge in [0.05, 0.1) is 12.2 Å². The van der Waals surface area contributed by atoms with Crippen molar-refractivity contribution >= 4 is 0 Å². The van der Waals surface area contributed by atoms with Gasteiger partial charge in [-0.3, -0.25) is 4.68 Å². The van der Waals surface area contributed by atoms with Gasteiger partial charge in [-0.25, -0.2) is 0 Å². The molecule has 0 aromatic carbocycles. The normalized spacial score (nSPS) is 12.8. The van der Waals surface area contributed by atoms with Crippen molar-refractivity contribution in [2.24, 2.45) is 0 Å². The van der Waals surface area contributed by atoms with Gasteiger partial charge in [-0.15, -0.1) is 0 Å². The van der Waals surface area contributed by atoms with Gasteiger partial charge in [-0.2, -0.15) is 5.10 Å². The van der Waals surface area contributed by atoms with Gasteiger partial charge in [0, 0.05) is 24.8 Å². The Labute approximate surface area is 108 Å². The third-order valence-corrected chi connectivity index (χ3v) is 2.94. The van der Waals surface area contributed by atoms with Crippen LogP contribution in [0.25, 0.3) is 0 Å². The van der Waals surface area contributed by atoms with E-state index in [0.717, 1.165) is 31.0 Å². The first-order valence-electron chi connectivity index (χ1n) is 6.50. The van der Waals surface area contributed by atoms with Crippen molar-refractivity contribution in [2.75, 3.05) is 0 Å². The predicted molar refractivity (Wildman–Crippen MR) is 71.2 cm³/mol. The van der Waals surface area contributed by atoms with Crippen molar-refractivity contribution < 1.29 is 4.42 Å². The Kier molecular flexibility index (Phi) is 4.20. The molecule has 0 radical (unpaired) electrons. The highest BCUT2D eigenvalue weighted by molar-refractivity contribution is 5.10. The summed E-state index contributed by atoms with van der Waals surface area (Å²) >= 11 is 0. The number of nitrogens with zero attached hydrogens (tertiary/aromatic N) is 2. The number of nitrogens with one attached hydrogen (secondary N) is 1. The summed E-state index contributed by atoms with van der Waals surface area (Å²) < 4.78 is 7.58. The molecule has 1 atom stereocenters. The lowest BCUT2D eigenvalue weighted by atomic mass is 10.2. The predicted octanol–water partition coefficient (Wildman–Crippen LogP) is 3.05. The molecule has 2 aromatic rings. The summed E-state index contributed by atoms with van der Waals surface area (Å²) in [6.45, 7) is 8.01. The lowest BCUT2D eigenvalue weighted by molar-refractivity contribution is 0.416. The van der Waals surface area contributed by atoms with Crippen LogP contribution in [0.2, 0.25) is 0 Å². The van der Waals surface area contributed by atoms with Crippen molar-refractivity contribution in [1.82, 2.24) is 15.1 Å². The number of furan rings is 1. The highest BCUT2D eigenvalue weighted by Gasteiger charge is 2.09. The molecular weight excluding hydrogens is 226 g/mol. The summed E-state index contributed by atoms with van der Waals surface area (Å²) in [6, 6.07) is 4.23. The van der Waals surface area contributed by atoms with Gasteiger partial charge in [0.15, 0.2) is 0 Å².